The first-order valence-corrected chi connectivity index (χ1v) is 9.40. The highest BCUT2D eigenvalue weighted by Gasteiger charge is 2.26. The zero-order valence-corrected chi connectivity index (χ0v) is 16.4. The van der Waals surface area contributed by atoms with Gasteiger partial charge in [0.25, 0.3) is 11.6 Å². The van der Waals surface area contributed by atoms with Crippen molar-refractivity contribution in [1.29, 1.82) is 0 Å². The summed E-state index contributed by atoms with van der Waals surface area (Å²) in [5, 5.41) is 14.4. The van der Waals surface area contributed by atoms with E-state index in [4.69, 9.17) is 16.3 Å². The Morgan fingerprint density at radius 1 is 1.28 bits per heavy atom. The maximum Gasteiger partial charge on any atom is 0.339 e. The van der Waals surface area contributed by atoms with Crippen LogP contribution in [-0.2, 0) is 9.53 Å². The van der Waals surface area contributed by atoms with Gasteiger partial charge in [-0.15, -0.1) is 0 Å². The highest BCUT2D eigenvalue weighted by Crippen LogP contribution is 2.32. The average Bonchev–Trinajstić information content (AvgIpc) is 3.23. The largest absolute Gasteiger partial charge is 0.449 e. The summed E-state index contributed by atoms with van der Waals surface area (Å²) in [6.07, 6.45) is 2.18. The smallest absolute Gasteiger partial charge is 0.339 e. The number of hydrogen-bond donors (Lipinski definition) is 1. The Morgan fingerprint density at radius 2 is 2.00 bits per heavy atom. The number of anilines is 2. The number of rotatable bonds is 6. The Morgan fingerprint density at radius 3 is 2.62 bits per heavy atom. The maximum absolute atomic E-state index is 12.4. The molecular formula is C19H19ClN4O5. The molecule has 1 aliphatic rings. The van der Waals surface area contributed by atoms with Crippen LogP contribution in [0, 0.1) is 10.1 Å². The minimum absolute atomic E-state index is 0.00362. The molecule has 0 bridgehead atoms. The van der Waals surface area contributed by atoms with Gasteiger partial charge in [0.2, 0.25) is 0 Å². The summed E-state index contributed by atoms with van der Waals surface area (Å²) in [5.41, 5.74) is 0.316. The number of halogens is 1. The second-order valence-electron chi connectivity index (χ2n) is 6.55. The summed E-state index contributed by atoms with van der Waals surface area (Å²) < 4.78 is 5.15. The molecule has 0 aliphatic carbocycles. The van der Waals surface area contributed by atoms with Crippen LogP contribution in [-0.4, -0.2) is 41.0 Å². The first kappa shape index (κ1) is 20.5. The number of nitro benzene ring substituents is 1. The van der Waals surface area contributed by atoms with Gasteiger partial charge in [0.05, 0.1) is 15.5 Å². The number of carbonyl (C=O) groups is 2. The number of esters is 1. The average molecular weight is 419 g/mol. The van der Waals surface area contributed by atoms with Gasteiger partial charge in [-0.25, -0.2) is 9.78 Å². The van der Waals surface area contributed by atoms with Crippen LogP contribution in [0.4, 0.5) is 17.2 Å². The Labute approximate surface area is 171 Å². The van der Waals surface area contributed by atoms with E-state index in [2.05, 4.69) is 10.3 Å². The molecule has 1 atom stereocenters. The van der Waals surface area contributed by atoms with Crippen molar-refractivity contribution in [3.05, 3.63) is 57.2 Å². The lowest BCUT2D eigenvalue weighted by Crippen LogP contribution is -2.30. The fourth-order valence-electron chi connectivity index (χ4n) is 2.98. The van der Waals surface area contributed by atoms with Crippen LogP contribution < -0.4 is 10.2 Å². The summed E-state index contributed by atoms with van der Waals surface area (Å²) >= 11 is 5.74. The molecule has 1 saturated heterocycles. The number of pyridine rings is 1. The van der Waals surface area contributed by atoms with Crippen molar-refractivity contribution in [2.45, 2.75) is 25.9 Å². The van der Waals surface area contributed by atoms with E-state index in [1.54, 1.807) is 12.1 Å². The van der Waals surface area contributed by atoms with Gasteiger partial charge in [-0.3, -0.25) is 14.9 Å². The third kappa shape index (κ3) is 5.00. The third-order valence-electron chi connectivity index (χ3n) is 4.49. The van der Waals surface area contributed by atoms with Gasteiger partial charge in [-0.05, 0) is 44.0 Å². The molecule has 1 aromatic carbocycles. The minimum Gasteiger partial charge on any atom is -0.449 e. The van der Waals surface area contributed by atoms with Crippen LogP contribution >= 0.6 is 11.6 Å². The van der Waals surface area contributed by atoms with Gasteiger partial charge in [0.15, 0.2) is 6.10 Å². The fourth-order valence-corrected chi connectivity index (χ4v) is 3.09. The van der Waals surface area contributed by atoms with Crippen LogP contribution in [0.3, 0.4) is 0 Å². The van der Waals surface area contributed by atoms with Crippen molar-refractivity contribution in [1.82, 2.24) is 4.98 Å². The van der Waals surface area contributed by atoms with Gasteiger partial charge in [-0.1, -0.05) is 11.6 Å². The van der Waals surface area contributed by atoms with Crippen LogP contribution in [0.5, 0.6) is 0 Å². The predicted molar refractivity (Wildman–Crippen MR) is 107 cm³/mol. The standard InChI is InChI=1S/C19H19ClN4O5/c1-12(18(25)22-17-7-5-14(20)11-21-17)29-19(26)13-4-6-15(16(10-13)24(27)28)23-8-2-3-9-23/h4-7,10-12H,2-3,8-9H2,1H3,(H,21,22,25)/t12-/m1/s1. The third-order valence-corrected chi connectivity index (χ3v) is 4.71. The van der Waals surface area contributed by atoms with E-state index >= 15 is 0 Å². The molecule has 2 aromatic rings. The summed E-state index contributed by atoms with van der Waals surface area (Å²) in [6, 6.07) is 7.26. The molecule has 1 aliphatic heterocycles. The summed E-state index contributed by atoms with van der Waals surface area (Å²) in [5.74, 6) is -1.16. The monoisotopic (exact) mass is 418 g/mol. The Bertz CT molecular complexity index is 929. The maximum atomic E-state index is 12.4. The number of benzene rings is 1. The summed E-state index contributed by atoms with van der Waals surface area (Å²) in [7, 11) is 0. The highest BCUT2D eigenvalue weighted by molar-refractivity contribution is 6.30. The molecular weight excluding hydrogens is 400 g/mol. The number of carbonyl (C=O) groups excluding carboxylic acids is 2. The Hall–Kier alpha value is -3.20. The summed E-state index contributed by atoms with van der Waals surface area (Å²) in [6.45, 7) is 2.87. The quantitative estimate of drug-likeness (QED) is 0.434. The molecule has 29 heavy (non-hydrogen) atoms. The van der Waals surface area contributed by atoms with Crippen LogP contribution in [0.15, 0.2) is 36.5 Å². The van der Waals surface area contributed by atoms with Gasteiger partial charge in [0, 0.05) is 25.4 Å². The molecule has 1 N–H and O–H groups in total. The topological polar surface area (TPSA) is 115 Å². The predicted octanol–water partition coefficient (Wildman–Crippen LogP) is 3.43. The molecule has 152 valence electrons. The molecule has 0 saturated carbocycles. The fraction of sp³-hybridized carbons (Fsp3) is 0.316. The number of amides is 1. The number of nitro groups is 1. The van der Waals surface area contributed by atoms with Crippen LogP contribution in [0.1, 0.15) is 30.1 Å². The SMILES string of the molecule is C[C@@H](OC(=O)c1ccc(N2CCCC2)c([N+](=O)[O-])c1)C(=O)Nc1ccc(Cl)cn1. The molecule has 1 fully saturated rings. The lowest BCUT2D eigenvalue weighted by Gasteiger charge is -2.18. The lowest BCUT2D eigenvalue weighted by molar-refractivity contribution is -0.384. The van der Waals surface area contributed by atoms with E-state index in [1.807, 2.05) is 4.90 Å². The van der Waals surface area contributed by atoms with E-state index in [0.29, 0.717) is 10.7 Å². The van der Waals surface area contributed by atoms with Crippen LogP contribution in [0.2, 0.25) is 5.02 Å². The van der Waals surface area contributed by atoms with Crippen LogP contribution in [0.25, 0.3) is 0 Å². The number of aromatic nitrogens is 1. The Kier molecular flexibility index (Phi) is 6.28. The number of ether oxygens (including phenoxy) is 1. The van der Waals surface area contributed by atoms with E-state index in [0.717, 1.165) is 25.9 Å². The van der Waals surface area contributed by atoms with E-state index in [-0.39, 0.29) is 17.1 Å². The second kappa shape index (κ2) is 8.87. The zero-order chi connectivity index (χ0) is 21.0. The van der Waals surface area contributed by atoms with Gasteiger partial charge in [0.1, 0.15) is 11.5 Å². The molecule has 0 radical (unpaired) electrons. The molecule has 1 aromatic heterocycles. The lowest BCUT2D eigenvalue weighted by atomic mass is 10.1. The minimum atomic E-state index is -1.13. The number of hydrogen-bond acceptors (Lipinski definition) is 7. The van der Waals surface area contributed by atoms with Crippen molar-refractivity contribution >= 4 is 40.7 Å². The summed E-state index contributed by atoms with van der Waals surface area (Å²) in [4.78, 5) is 41.4. The van der Waals surface area contributed by atoms with Gasteiger partial charge in [-0.2, -0.15) is 0 Å². The van der Waals surface area contributed by atoms with Crippen molar-refractivity contribution in [2.24, 2.45) is 0 Å². The first-order valence-electron chi connectivity index (χ1n) is 9.02. The number of nitrogens with one attached hydrogen (secondary N) is 1. The molecule has 3 rings (SSSR count). The molecule has 0 spiro atoms. The number of nitrogens with zero attached hydrogens (tertiary/aromatic N) is 3. The molecule has 1 amide bonds. The molecule has 0 unspecified atom stereocenters. The van der Waals surface area contributed by atoms with Crippen molar-refractivity contribution < 1.29 is 19.2 Å². The van der Waals surface area contributed by atoms with E-state index in [9.17, 15) is 19.7 Å². The molecule has 10 heteroatoms. The second-order valence-corrected chi connectivity index (χ2v) is 6.99. The Balaban J connectivity index is 1.69. The van der Waals surface area contributed by atoms with Gasteiger partial charge < -0.3 is 15.0 Å². The van der Waals surface area contributed by atoms with Crippen molar-refractivity contribution in [2.75, 3.05) is 23.3 Å². The zero-order valence-electron chi connectivity index (χ0n) is 15.6. The highest BCUT2D eigenvalue weighted by atomic mass is 35.5. The molecule has 9 nitrogen and oxygen atoms in total. The first-order chi connectivity index (χ1) is 13.8. The molecule has 2 heterocycles. The van der Waals surface area contributed by atoms with Crippen molar-refractivity contribution in [3.8, 4) is 0 Å². The van der Waals surface area contributed by atoms with Gasteiger partial charge >= 0.3 is 5.97 Å². The normalized spacial score (nSPS) is 14.3. The van der Waals surface area contributed by atoms with E-state index in [1.165, 1.54) is 31.3 Å². The van der Waals surface area contributed by atoms with E-state index < -0.39 is 22.9 Å². The van der Waals surface area contributed by atoms with Crippen molar-refractivity contribution in [3.63, 3.8) is 0 Å².